The number of benzene rings is 2. The number of para-hydroxylation sites is 1. The quantitative estimate of drug-likeness (QED) is 0.640. The van der Waals surface area contributed by atoms with Crippen molar-refractivity contribution in [1.82, 2.24) is 9.21 Å². The molecule has 0 aromatic heterocycles. The van der Waals surface area contributed by atoms with Crippen molar-refractivity contribution in [2.75, 3.05) is 49.9 Å². The van der Waals surface area contributed by atoms with Crippen LogP contribution in [0.25, 0.3) is 0 Å². The highest BCUT2D eigenvalue weighted by molar-refractivity contribution is 8.00. The zero-order valence-corrected chi connectivity index (χ0v) is 18.6. The molecule has 0 radical (unpaired) electrons. The number of amides is 1. The lowest BCUT2D eigenvalue weighted by Gasteiger charge is -2.36. The summed E-state index contributed by atoms with van der Waals surface area (Å²) in [5, 5.41) is 0. The van der Waals surface area contributed by atoms with Crippen molar-refractivity contribution >= 4 is 33.4 Å². The van der Waals surface area contributed by atoms with Crippen molar-refractivity contribution < 1.29 is 13.2 Å². The van der Waals surface area contributed by atoms with Gasteiger partial charge in [0.2, 0.25) is 15.9 Å². The summed E-state index contributed by atoms with van der Waals surface area (Å²) >= 11 is 1.46. The van der Waals surface area contributed by atoms with Crippen LogP contribution in [0, 0.1) is 0 Å². The number of nitrogens with zero attached hydrogens (tertiary/aromatic N) is 3. The molecule has 2 aliphatic heterocycles. The minimum Gasteiger partial charge on any atom is -0.368 e. The van der Waals surface area contributed by atoms with Gasteiger partial charge in [-0.2, -0.15) is 4.31 Å². The predicted octanol–water partition coefficient (Wildman–Crippen LogP) is 2.91. The largest absolute Gasteiger partial charge is 0.368 e. The standard InChI is InChI=1S/C22H27N3O3S2/c26-22(24-16-14-23(15-17-24)19-6-2-1-3-7-19)18-29-20-8-10-21(11-9-20)30(27,28)25-12-4-5-13-25/h1-3,6-11H,4-5,12-18H2. The number of rotatable bonds is 6. The summed E-state index contributed by atoms with van der Waals surface area (Å²) in [6.45, 7) is 4.32. The van der Waals surface area contributed by atoms with E-state index in [2.05, 4.69) is 17.0 Å². The maximum Gasteiger partial charge on any atom is 0.243 e. The summed E-state index contributed by atoms with van der Waals surface area (Å²) in [4.78, 5) is 18.1. The topological polar surface area (TPSA) is 60.9 Å². The molecule has 160 valence electrons. The normalized spacial score (nSPS) is 18.0. The van der Waals surface area contributed by atoms with Crippen molar-refractivity contribution in [2.45, 2.75) is 22.6 Å². The molecule has 0 unspecified atom stereocenters. The van der Waals surface area contributed by atoms with Crippen molar-refractivity contribution in [2.24, 2.45) is 0 Å². The predicted molar refractivity (Wildman–Crippen MR) is 120 cm³/mol. The summed E-state index contributed by atoms with van der Waals surface area (Å²) in [5.41, 5.74) is 1.20. The lowest BCUT2D eigenvalue weighted by Crippen LogP contribution is -2.49. The van der Waals surface area contributed by atoms with E-state index in [1.807, 2.05) is 23.1 Å². The highest BCUT2D eigenvalue weighted by atomic mass is 32.2. The van der Waals surface area contributed by atoms with E-state index in [1.165, 1.54) is 17.4 Å². The average molecular weight is 446 g/mol. The van der Waals surface area contributed by atoms with Crippen LogP contribution in [0.2, 0.25) is 0 Å². The second-order valence-corrected chi connectivity index (χ2v) is 10.6. The Labute approximate surface area is 182 Å². The minimum absolute atomic E-state index is 0.126. The summed E-state index contributed by atoms with van der Waals surface area (Å²) in [6.07, 6.45) is 1.85. The molecule has 4 rings (SSSR count). The Morgan fingerprint density at radius 3 is 2.10 bits per heavy atom. The maximum absolute atomic E-state index is 12.6. The summed E-state index contributed by atoms with van der Waals surface area (Å²) in [5.74, 6) is 0.491. The number of thioether (sulfide) groups is 1. The molecule has 2 aromatic rings. The van der Waals surface area contributed by atoms with E-state index in [0.29, 0.717) is 23.7 Å². The van der Waals surface area contributed by atoms with Gasteiger partial charge in [-0.1, -0.05) is 18.2 Å². The molecule has 0 bridgehead atoms. The molecule has 2 aliphatic rings. The van der Waals surface area contributed by atoms with Gasteiger partial charge in [0.1, 0.15) is 0 Å². The molecule has 0 N–H and O–H groups in total. The fourth-order valence-electron chi connectivity index (χ4n) is 3.87. The van der Waals surface area contributed by atoms with E-state index >= 15 is 0 Å². The lowest BCUT2D eigenvalue weighted by atomic mass is 10.2. The first-order valence-electron chi connectivity index (χ1n) is 10.3. The fraction of sp³-hybridized carbons (Fsp3) is 0.409. The zero-order valence-electron chi connectivity index (χ0n) is 16.9. The molecule has 0 aliphatic carbocycles. The van der Waals surface area contributed by atoms with E-state index in [4.69, 9.17) is 0 Å². The number of hydrogen-bond donors (Lipinski definition) is 0. The Bertz CT molecular complexity index is 951. The van der Waals surface area contributed by atoms with E-state index < -0.39 is 10.0 Å². The van der Waals surface area contributed by atoms with Gasteiger partial charge in [0, 0.05) is 49.9 Å². The average Bonchev–Trinajstić information content (AvgIpc) is 3.34. The summed E-state index contributed by atoms with van der Waals surface area (Å²) in [7, 11) is -3.39. The van der Waals surface area contributed by atoms with Gasteiger partial charge < -0.3 is 9.80 Å². The van der Waals surface area contributed by atoms with Crippen LogP contribution in [0.4, 0.5) is 5.69 Å². The second-order valence-electron chi connectivity index (χ2n) is 7.57. The summed E-state index contributed by atoms with van der Waals surface area (Å²) in [6, 6.07) is 17.2. The van der Waals surface area contributed by atoms with Crippen molar-refractivity contribution in [3.63, 3.8) is 0 Å². The molecule has 2 heterocycles. The van der Waals surface area contributed by atoms with Crippen LogP contribution < -0.4 is 4.90 Å². The molecule has 6 nitrogen and oxygen atoms in total. The highest BCUT2D eigenvalue weighted by Crippen LogP contribution is 2.25. The van der Waals surface area contributed by atoms with Crippen LogP contribution >= 0.6 is 11.8 Å². The van der Waals surface area contributed by atoms with Gasteiger partial charge in [-0.25, -0.2) is 8.42 Å². The third-order valence-electron chi connectivity index (χ3n) is 5.64. The third kappa shape index (κ3) is 4.82. The molecule has 30 heavy (non-hydrogen) atoms. The van der Waals surface area contributed by atoms with Crippen molar-refractivity contribution in [3.8, 4) is 0 Å². The third-order valence-corrected chi connectivity index (χ3v) is 8.55. The Balaban J connectivity index is 1.27. The molecular formula is C22H27N3O3S2. The first-order valence-corrected chi connectivity index (χ1v) is 12.8. The van der Waals surface area contributed by atoms with Crippen LogP contribution in [0.3, 0.4) is 0 Å². The Kier molecular flexibility index (Phi) is 6.65. The molecular weight excluding hydrogens is 418 g/mol. The number of hydrogen-bond acceptors (Lipinski definition) is 5. The monoisotopic (exact) mass is 445 g/mol. The Hall–Kier alpha value is -2.03. The molecule has 0 spiro atoms. The Morgan fingerprint density at radius 2 is 1.47 bits per heavy atom. The maximum atomic E-state index is 12.6. The van der Waals surface area contributed by atoms with Gasteiger partial charge in [-0.05, 0) is 49.2 Å². The molecule has 2 aromatic carbocycles. The number of carbonyl (C=O) groups is 1. The molecule has 2 saturated heterocycles. The number of sulfonamides is 1. The minimum atomic E-state index is -3.39. The number of piperazine rings is 1. The van der Waals surface area contributed by atoms with Gasteiger partial charge in [0.15, 0.2) is 0 Å². The lowest BCUT2D eigenvalue weighted by molar-refractivity contribution is -0.128. The van der Waals surface area contributed by atoms with Crippen molar-refractivity contribution in [3.05, 3.63) is 54.6 Å². The van der Waals surface area contributed by atoms with Gasteiger partial charge in [0.25, 0.3) is 0 Å². The van der Waals surface area contributed by atoms with Gasteiger partial charge in [0.05, 0.1) is 10.6 Å². The van der Waals surface area contributed by atoms with Crippen LogP contribution in [0.5, 0.6) is 0 Å². The molecule has 0 atom stereocenters. The zero-order chi connectivity index (χ0) is 21.0. The van der Waals surface area contributed by atoms with Gasteiger partial charge in [-0.15, -0.1) is 11.8 Å². The second kappa shape index (κ2) is 9.41. The van der Waals surface area contributed by atoms with Crippen LogP contribution in [-0.4, -0.2) is 68.6 Å². The highest BCUT2D eigenvalue weighted by Gasteiger charge is 2.27. The fourth-order valence-corrected chi connectivity index (χ4v) is 6.19. The van der Waals surface area contributed by atoms with E-state index in [9.17, 15) is 13.2 Å². The summed E-state index contributed by atoms with van der Waals surface area (Å²) < 4.78 is 26.8. The molecule has 1 amide bonds. The SMILES string of the molecule is O=C(CSc1ccc(S(=O)(=O)N2CCCC2)cc1)N1CCN(c2ccccc2)CC1. The van der Waals surface area contributed by atoms with E-state index in [-0.39, 0.29) is 5.91 Å². The first-order chi connectivity index (χ1) is 14.5. The first kappa shape index (κ1) is 21.2. The smallest absolute Gasteiger partial charge is 0.243 e. The Morgan fingerprint density at radius 1 is 0.833 bits per heavy atom. The molecule has 8 heteroatoms. The van der Waals surface area contributed by atoms with Gasteiger partial charge >= 0.3 is 0 Å². The van der Waals surface area contributed by atoms with E-state index in [1.54, 1.807) is 28.6 Å². The van der Waals surface area contributed by atoms with Crippen LogP contribution in [0.15, 0.2) is 64.4 Å². The number of anilines is 1. The number of carbonyl (C=O) groups excluding carboxylic acids is 1. The van der Waals surface area contributed by atoms with Crippen molar-refractivity contribution in [1.29, 1.82) is 0 Å². The van der Waals surface area contributed by atoms with Crippen LogP contribution in [0.1, 0.15) is 12.8 Å². The van der Waals surface area contributed by atoms with Crippen LogP contribution in [-0.2, 0) is 14.8 Å². The van der Waals surface area contributed by atoms with Gasteiger partial charge in [-0.3, -0.25) is 4.79 Å². The van der Waals surface area contributed by atoms with E-state index in [0.717, 1.165) is 43.9 Å². The molecule has 0 saturated carbocycles. The molecule has 2 fully saturated rings.